The Bertz CT molecular complexity index is 530. The second kappa shape index (κ2) is 5.87. The highest BCUT2D eigenvalue weighted by Crippen LogP contribution is 2.20. The topological polar surface area (TPSA) is 41.1 Å². The van der Waals surface area contributed by atoms with Crippen LogP contribution in [-0.4, -0.2) is 24.2 Å². The number of terminal acetylenes is 1. The van der Waals surface area contributed by atoms with E-state index in [1.807, 2.05) is 0 Å². The van der Waals surface area contributed by atoms with Crippen LogP contribution in [0, 0.1) is 12.3 Å². The molecule has 1 amide bonds. The lowest BCUT2D eigenvalue weighted by Crippen LogP contribution is -2.42. The second-order valence-electron chi connectivity index (χ2n) is 4.74. The average Bonchev–Trinajstić information content (AvgIpc) is 2.35. The van der Waals surface area contributed by atoms with Crippen LogP contribution >= 0.6 is 0 Å². The fourth-order valence-corrected chi connectivity index (χ4v) is 1.42. The van der Waals surface area contributed by atoms with E-state index in [2.05, 4.69) is 16.6 Å². The number of anilines is 1. The molecule has 108 valence electrons. The Labute approximate surface area is 115 Å². The molecule has 1 aromatic carbocycles. The monoisotopic (exact) mass is 284 g/mol. The Morgan fingerprint density at radius 3 is 2.45 bits per heavy atom. The molecule has 0 spiro atoms. The van der Waals surface area contributed by atoms with E-state index in [9.17, 15) is 18.0 Å². The number of alkyl halides is 3. The van der Waals surface area contributed by atoms with Crippen molar-refractivity contribution in [2.45, 2.75) is 25.6 Å². The van der Waals surface area contributed by atoms with Crippen LogP contribution in [0.15, 0.2) is 24.3 Å². The molecule has 0 fully saturated rings. The first-order valence-corrected chi connectivity index (χ1v) is 5.84. The Morgan fingerprint density at radius 1 is 1.30 bits per heavy atom. The van der Waals surface area contributed by atoms with E-state index in [1.165, 1.54) is 12.1 Å². The van der Waals surface area contributed by atoms with E-state index in [-0.39, 0.29) is 11.3 Å². The number of para-hydroxylation sites is 1. The van der Waals surface area contributed by atoms with E-state index in [1.54, 1.807) is 26.0 Å². The van der Waals surface area contributed by atoms with E-state index in [4.69, 9.17) is 6.42 Å². The van der Waals surface area contributed by atoms with E-state index >= 15 is 0 Å². The van der Waals surface area contributed by atoms with Crippen LogP contribution in [-0.2, 0) is 0 Å². The highest BCUT2D eigenvalue weighted by Gasteiger charge is 2.27. The van der Waals surface area contributed by atoms with Gasteiger partial charge in [-0.3, -0.25) is 4.79 Å². The molecule has 0 unspecified atom stereocenters. The number of hydrogen-bond acceptors (Lipinski definition) is 2. The molecule has 1 rings (SSSR count). The maximum atomic E-state index is 12.2. The molecule has 0 saturated carbocycles. The van der Waals surface area contributed by atoms with Crippen LogP contribution in [0.5, 0.6) is 0 Å². The maximum Gasteiger partial charge on any atom is 0.405 e. The van der Waals surface area contributed by atoms with Crippen molar-refractivity contribution in [1.29, 1.82) is 0 Å². The van der Waals surface area contributed by atoms with Gasteiger partial charge in [0.1, 0.15) is 6.54 Å². The number of nitrogens with one attached hydrogen (secondary N) is 2. The van der Waals surface area contributed by atoms with Crippen molar-refractivity contribution in [2.24, 2.45) is 0 Å². The summed E-state index contributed by atoms with van der Waals surface area (Å²) in [5, 5.41) is 4.76. The van der Waals surface area contributed by atoms with Crippen molar-refractivity contribution in [1.82, 2.24) is 5.32 Å². The third-order valence-corrected chi connectivity index (χ3v) is 2.44. The van der Waals surface area contributed by atoms with Crippen molar-refractivity contribution in [3.63, 3.8) is 0 Å². The highest BCUT2D eigenvalue weighted by molar-refractivity contribution is 6.00. The number of halogens is 3. The first-order valence-electron chi connectivity index (χ1n) is 5.84. The third-order valence-electron chi connectivity index (χ3n) is 2.44. The molecule has 0 saturated heterocycles. The van der Waals surface area contributed by atoms with Gasteiger partial charge in [0.2, 0.25) is 0 Å². The molecule has 0 aliphatic heterocycles. The van der Waals surface area contributed by atoms with Gasteiger partial charge < -0.3 is 10.6 Å². The molecule has 20 heavy (non-hydrogen) atoms. The number of rotatable bonds is 4. The highest BCUT2D eigenvalue weighted by atomic mass is 19.4. The minimum atomic E-state index is -4.36. The lowest BCUT2D eigenvalue weighted by atomic mass is 10.1. The third kappa shape index (κ3) is 4.84. The van der Waals surface area contributed by atoms with Gasteiger partial charge in [-0.15, -0.1) is 6.42 Å². The van der Waals surface area contributed by atoms with Gasteiger partial charge >= 0.3 is 6.18 Å². The first kappa shape index (κ1) is 15.9. The summed E-state index contributed by atoms with van der Waals surface area (Å²) in [6.07, 6.45) is 0.898. The van der Waals surface area contributed by atoms with Gasteiger partial charge in [0, 0.05) is 5.69 Å². The SMILES string of the molecule is C#CC(C)(C)NC(=O)c1ccccc1NCC(F)(F)F. The summed E-state index contributed by atoms with van der Waals surface area (Å²) in [5.74, 6) is 1.86. The zero-order valence-corrected chi connectivity index (χ0v) is 11.1. The molecule has 2 N–H and O–H groups in total. The Balaban J connectivity index is 2.91. The van der Waals surface area contributed by atoms with Gasteiger partial charge in [0.05, 0.1) is 11.1 Å². The van der Waals surface area contributed by atoms with Crippen LogP contribution in [0.25, 0.3) is 0 Å². The van der Waals surface area contributed by atoms with Gasteiger partial charge in [0.25, 0.3) is 5.91 Å². The van der Waals surface area contributed by atoms with Crippen molar-refractivity contribution < 1.29 is 18.0 Å². The molecule has 0 bridgehead atoms. The minimum Gasteiger partial charge on any atom is -0.376 e. The van der Waals surface area contributed by atoms with Gasteiger partial charge in [0.15, 0.2) is 0 Å². The standard InChI is InChI=1S/C14H15F3N2O/c1-4-13(2,3)19-12(20)10-7-5-6-8-11(10)18-9-14(15,16)17/h1,5-8,18H,9H2,2-3H3,(H,19,20). The summed E-state index contributed by atoms with van der Waals surface area (Å²) in [4.78, 5) is 12.0. The van der Waals surface area contributed by atoms with Crippen molar-refractivity contribution in [3.05, 3.63) is 29.8 Å². The van der Waals surface area contributed by atoms with Gasteiger partial charge in [-0.05, 0) is 26.0 Å². The second-order valence-corrected chi connectivity index (χ2v) is 4.74. The molecule has 0 aliphatic rings. The zero-order valence-electron chi connectivity index (χ0n) is 11.1. The lowest BCUT2D eigenvalue weighted by molar-refractivity contribution is -0.115. The van der Waals surface area contributed by atoms with Crippen LogP contribution in [0.1, 0.15) is 24.2 Å². The number of hydrogen-bond donors (Lipinski definition) is 2. The molecule has 0 aliphatic carbocycles. The van der Waals surface area contributed by atoms with Crippen LogP contribution in [0.4, 0.5) is 18.9 Å². The Hall–Kier alpha value is -2.16. The summed E-state index contributed by atoms with van der Waals surface area (Å²) in [7, 11) is 0. The van der Waals surface area contributed by atoms with Crippen molar-refractivity contribution in [2.75, 3.05) is 11.9 Å². The summed E-state index contributed by atoms with van der Waals surface area (Å²) < 4.78 is 36.6. The van der Waals surface area contributed by atoms with Gasteiger partial charge in [-0.1, -0.05) is 18.1 Å². The van der Waals surface area contributed by atoms with Gasteiger partial charge in [-0.25, -0.2) is 0 Å². The minimum absolute atomic E-state index is 0.107. The van der Waals surface area contributed by atoms with Crippen molar-refractivity contribution >= 4 is 11.6 Å². The smallest absolute Gasteiger partial charge is 0.376 e. The van der Waals surface area contributed by atoms with E-state index in [0.29, 0.717) is 0 Å². The van der Waals surface area contributed by atoms with Crippen LogP contribution in [0.3, 0.4) is 0 Å². The van der Waals surface area contributed by atoms with Crippen LogP contribution < -0.4 is 10.6 Å². The molecule has 0 radical (unpaired) electrons. The first-order chi connectivity index (χ1) is 9.14. The number of carbonyl (C=O) groups excluding carboxylic acids is 1. The van der Waals surface area contributed by atoms with E-state index < -0.39 is 24.2 Å². The summed E-state index contributed by atoms with van der Waals surface area (Å²) >= 11 is 0. The molecule has 0 heterocycles. The number of carbonyl (C=O) groups is 1. The lowest BCUT2D eigenvalue weighted by Gasteiger charge is -2.21. The molecule has 0 atom stereocenters. The maximum absolute atomic E-state index is 12.2. The molecule has 6 heteroatoms. The molecule has 3 nitrogen and oxygen atoms in total. The fourth-order valence-electron chi connectivity index (χ4n) is 1.42. The Morgan fingerprint density at radius 2 is 1.90 bits per heavy atom. The number of amides is 1. The molecular weight excluding hydrogens is 269 g/mol. The largest absolute Gasteiger partial charge is 0.405 e. The zero-order chi connectivity index (χ0) is 15.4. The molecule has 1 aromatic rings. The molecule has 0 aromatic heterocycles. The molecular formula is C14H15F3N2O. The quantitative estimate of drug-likeness (QED) is 0.835. The Kier molecular flexibility index (Phi) is 4.66. The summed E-state index contributed by atoms with van der Waals surface area (Å²) in [5.41, 5.74) is -0.663. The number of benzene rings is 1. The predicted molar refractivity (Wildman–Crippen MR) is 71.4 cm³/mol. The summed E-state index contributed by atoms with van der Waals surface area (Å²) in [6.45, 7) is 2.03. The predicted octanol–water partition coefficient (Wildman–Crippen LogP) is 2.80. The van der Waals surface area contributed by atoms with Crippen molar-refractivity contribution in [3.8, 4) is 12.3 Å². The van der Waals surface area contributed by atoms with Crippen LogP contribution in [0.2, 0.25) is 0 Å². The van der Waals surface area contributed by atoms with E-state index in [0.717, 1.165) is 0 Å². The fraction of sp³-hybridized carbons (Fsp3) is 0.357. The summed E-state index contributed by atoms with van der Waals surface area (Å²) in [6, 6.07) is 5.95. The normalized spacial score (nSPS) is 11.6. The van der Waals surface area contributed by atoms with Gasteiger partial charge in [-0.2, -0.15) is 13.2 Å². The average molecular weight is 284 g/mol.